The number of sulfonamides is 1. The second-order valence-electron chi connectivity index (χ2n) is 8.38. The van der Waals surface area contributed by atoms with Gasteiger partial charge in [0.1, 0.15) is 6.61 Å². The topological polar surface area (TPSA) is 76.6 Å². The Morgan fingerprint density at radius 2 is 1.76 bits per heavy atom. The van der Waals surface area contributed by atoms with Gasteiger partial charge in [-0.3, -0.25) is 9.78 Å². The van der Waals surface area contributed by atoms with Crippen LogP contribution in [0.3, 0.4) is 0 Å². The van der Waals surface area contributed by atoms with Crippen LogP contribution in [0.5, 0.6) is 0 Å². The number of rotatable bonds is 5. The highest BCUT2D eigenvalue weighted by molar-refractivity contribution is 7.89. The molecule has 0 N–H and O–H groups in total. The van der Waals surface area contributed by atoms with Crippen molar-refractivity contribution in [1.29, 1.82) is 0 Å². The predicted octanol–water partition coefficient (Wildman–Crippen LogP) is 3.52. The molecule has 29 heavy (non-hydrogen) atoms. The molecule has 1 aliphatic heterocycles. The van der Waals surface area contributed by atoms with Gasteiger partial charge in [0.25, 0.3) is 0 Å². The molecule has 0 saturated carbocycles. The van der Waals surface area contributed by atoms with Crippen LogP contribution in [0.1, 0.15) is 44.9 Å². The van der Waals surface area contributed by atoms with E-state index in [-0.39, 0.29) is 23.9 Å². The molecule has 1 aromatic heterocycles. The fourth-order valence-corrected chi connectivity index (χ4v) is 4.82. The highest BCUT2D eigenvalue weighted by Gasteiger charge is 2.33. The standard InChI is InChI=1S/C22H28N2O4S/c1-22(2,3)18-7-9-20(10-8-18)29(26,27)24-14-11-17(12-15-24)21(25)28-16-19-6-4-5-13-23-19/h4-10,13,17H,11-12,14-16H2,1-3H3. The third-order valence-corrected chi connectivity index (χ3v) is 7.15. The number of esters is 1. The summed E-state index contributed by atoms with van der Waals surface area (Å²) in [6, 6.07) is 12.5. The first-order valence-corrected chi connectivity index (χ1v) is 11.3. The largest absolute Gasteiger partial charge is 0.459 e. The monoisotopic (exact) mass is 416 g/mol. The van der Waals surface area contributed by atoms with E-state index in [9.17, 15) is 13.2 Å². The Balaban J connectivity index is 1.57. The van der Waals surface area contributed by atoms with Crippen molar-refractivity contribution in [1.82, 2.24) is 9.29 Å². The zero-order valence-corrected chi connectivity index (χ0v) is 18.0. The molecule has 2 aromatic rings. The van der Waals surface area contributed by atoms with Gasteiger partial charge in [0.2, 0.25) is 10.0 Å². The Bertz CT molecular complexity index is 927. The van der Waals surface area contributed by atoms with Crippen molar-refractivity contribution in [2.45, 2.75) is 50.5 Å². The summed E-state index contributed by atoms with van der Waals surface area (Å²) < 4.78 is 32.7. The summed E-state index contributed by atoms with van der Waals surface area (Å²) >= 11 is 0. The molecule has 1 aliphatic rings. The van der Waals surface area contributed by atoms with Crippen molar-refractivity contribution >= 4 is 16.0 Å². The summed E-state index contributed by atoms with van der Waals surface area (Å²) in [4.78, 5) is 16.7. The summed E-state index contributed by atoms with van der Waals surface area (Å²) in [5, 5.41) is 0. The lowest BCUT2D eigenvalue weighted by molar-refractivity contribution is -0.151. The second kappa shape index (κ2) is 8.63. The Labute approximate surface area is 173 Å². The maximum absolute atomic E-state index is 12.9. The van der Waals surface area contributed by atoms with Gasteiger partial charge in [0.15, 0.2) is 0 Å². The molecule has 0 bridgehead atoms. The van der Waals surface area contributed by atoms with Crippen LogP contribution in [0.15, 0.2) is 53.6 Å². The minimum Gasteiger partial charge on any atom is -0.459 e. The SMILES string of the molecule is CC(C)(C)c1ccc(S(=O)(=O)N2CCC(C(=O)OCc3ccccn3)CC2)cc1. The Kier molecular flexibility index (Phi) is 6.39. The lowest BCUT2D eigenvalue weighted by Crippen LogP contribution is -2.40. The number of aromatic nitrogens is 1. The number of benzene rings is 1. The molecule has 1 aromatic carbocycles. The van der Waals surface area contributed by atoms with Crippen LogP contribution in [-0.4, -0.2) is 36.8 Å². The first-order chi connectivity index (χ1) is 13.7. The van der Waals surface area contributed by atoms with Gasteiger partial charge in [-0.15, -0.1) is 0 Å². The van der Waals surface area contributed by atoms with E-state index in [0.717, 1.165) is 5.56 Å². The second-order valence-corrected chi connectivity index (χ2v) is 10.3. The van der Waals surface area contributed by atoms with Crippen molar-refractivity contribution < 1.29 is 17.9 Å². The Morgan fingerprint density at radius 1 is 1.10 bits per heavy atom. The molecule has 1 fully saturated rings. The molecule has 2 heterocycles. The molecule has 156 valence electrons. The van der Waals surface area contributed by atoms with Crippen molar-refractivity contribution in [3.63, 3.8) is 0 Å². The number of ether oxygens (including phenoxy) is 1. The lowest BCUT2D eigenvalue weighted by Gasteiger charge is -2.30. The van der Waals surface area contributed by atoms with E-state index in [4.69, 9.17) is 4.74 Å². The van der Waals surface area contributed by atoms with Gasteiger partial charge in [0.05, 0.1) is 16.5 Å². The number of nitrogens with zero attached hydrogens (tertiary/aromatic N) is 2. The summed E-state index contributed by atoms with van der Waals surface area (Å²) in [6.07, 6.45) is 2.57. The van der Waals surface area contributed by atoms with Crippen LogP contribution < -0.4 is 0 Å². The minimum atomic E-state index is -3.56. The molecule has 6 nitrogen and oxygen atoms in total. The van der Waals surface area contributed by atoms with Crippen LogP contribution >= 0.6 is 0 Å². The van der Waals surface area contributed by atoms with Crippen molar-refractivity contribution in [2.75, 3.05) is 13.1 Å². The fraction of sp³-hybridized carbons (Fsp3) is 0.455. The van der Waals surface area contributed by atoms with Crippen LogP contribution in [0.25, 0.3) is 0 Å². The van der Waals surface area contributed by atoms with Gasteiger partial charge < -0.3 is 4.74 Å². The van der Waals surface area contributed by atoms with Gasteiger partial charge in [-0.1, -0.05) is 39.0 Å². The third kappa shape index (κ3) is 5.22. The van der Waals surface area contributed by atoms with E-state index in [0.29, 0.717) is 36.5 Å². The number of pyridine rings is 1. The fourth-order valence-electron chi connectivity index (χ4n) is 3.35. The van der Waals surface area contributed by atoms with Crippen molar-refractivity contribution in [3.05, 3.63) is 59.9 Å². The molecular weight excluding hydrogens is 388 g/mol. The Hall–Kier alpha value is -2.25. The molecule has 1 saturated heterocycles. The smallest absolute Gasteiger partial charge is 0.309 e. The molecular formula is C22H28N2O4S. The average Bonchev–Trinajstić information content (AvgIpc) is 2.72. The van der Waals surface area contributed by atoms with E-state index in [1.165, 1.54) is 4.31 Å². The van der Waals surface area contributed by atoms with E-state index in [1.54, 1.807) is 30.5 Å². The minimum absolute atomic E-state index is 0.0315. The lowest BCUT2D eigenvalue weighted by atomic mass is 9.87. The average molecular weight is 417 g/mol. The Morgan fingerprint density at radius 3 is 2.31 bits per heavy atom. The number of hydrogen-bond acceptors (Lipinski definition) is 5. The summed E-state index contributed by atoms with van der Waals surface area (Å²) in [7, 11) is -3.56. The quantitative estimate of drug-likeness (QED) is 0.697. The molecule has 0 amide bonds. The first-order valence-electron chi connectivity index (χ1n) is 9.85. The number of hydrogen-bond donors (Lipinski definition) is 0. The van der Waals surface area contributed by atoms with Gasteiger partial charge >= 0.3 is 5.97 Å². The maximum atomic E-state index is 12.9. The van der Waals surface area contributed by atoms with E-state index in [2.05, 4.69) is 25.8 Å². The van der Waals surface area contributed by atoms with E-state index in [1.807, 2.05) is 18.2 Å². The predicted molar refractivity (Wildman–Crippen MR) is 111 cm³/mol. The third-order valence-electron chi connectivity index (χ3n) is 5.23. The molecule has 0 radical (unpaired) electrons. The van der Waals surface area contributed by atoms with Gasteiger partial charge in [-0.25, -0.2) is 8.42 Å². The number of carbonyl (C=O) groups is 1. The molecule has 3 rings (SSSR count). The van der Waals surface area contributed by atoms with Crippen LogP contribution in [0.4, 0.5) is 0 Å². The summed E-state index contributed by atoms with van der Waals surface area (Å²) in [5.74, 6) is -0.573. The van der Waals surface area contributed by atoms with Crippen LogP contribution in [0, 0.1) is 5.92 Å². The van der Waals surface area contributed by atoms with Gasteiger partial charge in [0, 0.05) is 19.3 Å². The van der Waals surface area contributed by atoms with E-state index < -0.39 is 10.0 Å². The number of piperidine rings is 1. The van der Waals surface area contributed by atoms with Gasteiger partial charge in [-0.05, 0) is 48.1 Å². The van der Waals surface area contributed by atoms with Crippen LogP contribution in [0.2, 0.25) is 0 Å². The van der Waals surface area contributed by atoms with Crippen LogP contribution in [-0.2, 0) is 31.6 Å². The molecule has 0 aliphatic carbocycles. The highest BCUT2D eigenvalue weighted by Crippen LogP contribution is 2.27. The molecule has 0 spiro atoms. The van der Waals surface area contributed by atoms with Crippen molar-refractivity contribution in [3.8, 4) is 0 Å². The molecule has 7 heteroatoms. The molecule has 0 unspecified atom stereocenters. The summed E-state index contributed by atoms with van der Waals surface area (Å²) in [6.45, 7) is 7.04. The van der Waals surface area contributed by atoms with Gasteiger partial charge in [-0.2, -0.15) is 4.31 Å². The van der Waals surface area contributed by atoms with Crippen molar-refractivity contribution in [2.24, 2.45) is 5.92 Å². The zero-order chi connectivity index (χ0) is 21.1. The first kappa shape index (κ1) is 21.5. The molecule has 0 atom stereocenters. The normalized spacial score (nSPS) is 16.5. The number of carbonyl (C=O) groups excluding carboxylic acids is 1. The summed E-state index contributed by atoms with van der Waals surface area (Å²) in [5.41, 5.74) is 1.75. The maximum Gasteiger partial charge on any atom is 0.309 e. The highest BCUT2D eigenvalue weighted by atomic mass is 32.2. The zero-order valence-electron chi connectivity index (χ0n) is 17.2. The van der Waals surface area contributed by atoms with E-state index >= 15 is 0 Å².